The normalized spacial score (nSPS) is 15.4. The molecule has 3 rings (SSSR count). The summed E-state index contributed by atoms with van der Waals surface area (Å²) in [5, 5.41) is 7.09. The topological polar surface area (TPSA) is 54.2 Å². The molecule has 1 N–H and O–H groups in total. The van der Waals surface area contributed by atoms with Crippen molar-refractivity contribution in [3.8, 4) is 0 Å². The minimum atomic E-state index is 0.606. The first kappa shape index (κ1) is 14.1. The van der Waals surface area contributed by atoms with E-state index in [-0.39, 0.29) is 0 Å². The van der Waals surface area contributed by atoms with E-state index in [0.717, 1.165) is 6.54 Å². The first-order chi connectivity index (χ1) is 10.3. The van der Waals surface area contributed by atoms with Gasteiger partial charge in [-0.3, -0.25) is 0 Å². The molecule has 1 fully saturated rings. The van der Waals surface area contributed by atoms with Crippen LogP contribution in [-0.4, -0.2) is 23.2 Å². The molecular formula is C16H22N4O. The van der Waals surface area contributed by atoms with E-state index < -0.39 is 0 Å². The van der Waals surface area contributed by atoms with Crippen molar-refractivity contribution in [1.29, 1.82) is 0 Å². The lowest BCUT2D eigenvalue weighted by molar-refractivity contribution is 0.364. The molecule has 2 aromatic rings. The van der Waals surface area contributed by atoms with E-state index >= 15 is 0 Å². The predicted octanol–water partition coefficient (Wildman–Crippen LogP) is 2.66. The number of aryl methyl sites for hydroxylation is 1. The van der Waals surface area contributed by atoms with Crippen molar-refractivity contribution in [2.45, 2.75) is 39.3 Å². The standard InChI is InChI=1S/C16H22N4O/c1-13-18-16(21-19-13)12-17-11-14-5-7-15(8-6-14)20-9-3-2-4-10-20/h5-8,17H,2-4,9-12H2,1H3. The van der Waals surface area contributed by atoms with Crippen LogP contribution in [0.2, 0.25) is 0 Å². The van der Waals surface area contributed by atoms with Crippen LogP contribution in [0.15, 0.2) is 28.8 Å². The second-order valence-electron chi connectivity index (χ2n) is 5.55. The molecule has 0 spiro atoms. The second kappa shape index (κ2) is 6.72. The SMILES string of the molecule is Cc1noc(CNCc2ccc(N3CCCCC3)cc2)n1. The number of hydrogen-bond donors (Lipinski definition) is 1. The smallest absolute Gasteiger partial charge is 0.240 e. The zero-order valence-corrected chi connectivity index (χ0v) is 12.5. The molecule has 5 heteroatoms. The van der Waals surface area contributed by atoms with Gasteiger partial charge in [0.2, 0.25) is 5.89 Å². The van der Waals surface area contributed by atoms with Gasteiger partial charge in [0, 0.05) is 25.3 Å². The molecular weight excluding hydrogens is 264 g/mol. The fourth-order valence-electron chi connectivity index (χ4n) is 2.70. The summed E-state index contributed by atoms with van der Waals surface area (Å²) < 4.78 is 5.07. The second-order valence-corrected chi connectivity index (χ2v) is 5.55. The molecule has 21 heavy (non-hydrogen) atoms. The third kappa shape index (κ3) is 3.82. The fraction of sp³-hybridized carbons (Fsp3) is 0.500. The van der Waals surface area contributed by atoms with Crippen LogP contribution in [0, 0.1) is 6.92 Å². The molecule has 0 amide bonds. The van der Waals surface area contributed by atoms with E-state index in [0.29, 0.717) is 18.3 Å². The number of piperidine rings is 1. The monoisotopic (exact) mass is 286 g/mol. The molecule has 5 nitrogen and oxygen atoms in total. The van der Waals surface area contributed by atoms with Crippen molar-refractivity contribution in [2.75, 3.05) is 18.0 Å². The Labute approximate surface area is 125 Å². The number of benzene rings is 1. The molecule has 1 aliphatic rings. The first-order valence-electron chi connectivity index (χ1n) is 7.65. The Morgan fingerprint density at radius 3 is 2.52 bits per heavy atom. The van der Waals surface area contributed by atoms with Crippen molar-refractivity contribution in [3.05, 3.63) is 41.5 Å². The molecule has 1 aromatic heterocycles. The van der Waals surface area contributed by atoms with Crippen LogP contribution in [0.3, 0.4) is 0 Å². The lowest BCUT2D eigenvalue weighted by atomic mass is 10.1. The van der Waals surface area contributed by atoms with Crippen LogP contribution >= 0.6 is 0 Å². The quantitative estimate of drug-likeness (QED) is 0.915. The van der Waals surface area contributed by atoms with E-state index in [2.05, 4.69) is 44.6 Å². The summed E-state index contributed by atoms with van der Waals surface area (Å²) >= 11 is 0. The van der Waals surface area contributed by atoms with Gasteiger partial charge in [0.05, 0.1) is 6.54 Å². The zero-order chi connectivity index (χ0) is 14.5. The van der Waals surface area contributed by atoms with E-state index in [1.807, 2.05) is 6.92 Å². The largest absolute Gasteiger partial charge is 0.372 e. The molecule has 0 unspecified atom stereocenters. The zero-order valence-electron chi connectivity index (χ0n) is 12.5. The Balaban J connectivity index is 1.49. The van der Waals surface area contributed by atoms with Crippen molar-refractivity contribution >= 4 is 5.69 Å². The molecule has 2 heterocycles. The minimum absolute atomic E-state index is 0.606. The molecule has 112 valence electrons. The van der Waals surface area contributed by atoms with Gasteiger partial charge in [-0.1, -0.05) is 17.3 Å². The highest BCUT2D eigenvalue weighted by atomic mass is 16.5. The third-order valence-corrected chi connectivity index (χ3v) is 3.83. The van der Waals surface area contributed by atoms with Gasteiger partial charge in [-0.25, -0.2) is 0 Å². The average molecular weight is 286 g/mol. The van der Waals surface area contributed by atoms with Crippen molar-refractivity contribution < 1.29 is 4.52 Å². The highest BCUT2D eigenvalue weighted by molar-refractivity contribution is 5.47. The lowest BCUT2D eigenvalue weighted by Gasteiger charge is -2.28. The molecule has 0 bridgehead atoms. The van der Waals surface area contributed by atoms with Gasteiger partial charge >= 0.3 is 0 Å². The van der Waals surface area contributed by atoms with E-state index in [1.165, 1.54) is 43.6 Å². The van der Waals surface area contributed by atoms with Crippen molar-refractivity contribution in [2.24, 2.45) is 0 Å². The Morgan fingerprint density at radius 2 is 1.86 bits per heavy atom. The highest BCUT2D eigenvalue weighted by Crippen LogP contribution is 2.20. The molecule has 1 aliphatic heterocycles. The third-order valence-electron chi connectivity index (χ3n) is 3.83. The van der Waals surface area contributed by atoms with Crippen molar-refractivity contribution in [3.63, 3.8) is 0 Å². The predicted molar refractivity (Wildman–Crippen MR) is 82.1 cm³/mol. The van der Waals surface area contributed by atoms with Gasteiger partial charge < -0.3 is 14.7 Å². The summed E-state index contributed by atoms with van der Waals surface area (Å²) in [5.41, 5.74) is 2.61. The van der Waals surface area contributed by atoms with Crippen LogP contribution in [0.5, 0.6) is 0 Å². The average Bonchev–Trinajstić information content (AvgIpc) is 2.94. The van der Waals surface area contributed by atoms with Crippen LogP contribution in [0.4, 0.5) is 5.69 Å². The molecule has 0 radical (unpaired) electrons. The van der Waals surface area contributed by atoms with Gasteiger partial charge in [-0.05, 0) is 43.9 Å². The summed E-state index contributed by atoms with van der Waals surface area (Å²) in [7, 11) is 0. The van der Waals surface area contributed by atoms with E-state index in [9.17, 15) is 0 Å². The number of rotatable bonds is 5. The maximum absolute atomic E-state index is 5.07. The maximum atomic E-state index is 5.07. The highest BCUT2D eigenvalue weighted by Gasteiger charge is 2.10. The van der Waals surface area contributed by atoms with Crippen LogP contribution in [-0.2, 0) is 13.1 Å². The molecule has 1 saturated heterocycles. The van der Waals surface area contributed by atoms with Crippen molar-refractivity contribution in [1.82, 2.24) is 15.5 Å². The van der Waals surface area contributed by atoms with Gasteiger partial charge in [0.1, 0.15) is 0 Å². The van der Waals surface area contributed by atoms with Crippen LogP contribution in [0.1, 0.15) is 36.5 Å². The summed E-state index contributed by atoms with van der Waals surface area (Å²) in [6.07, 6.45) is 3.99. The Hall–Kier alpha value is -1.88. The van der Waals surface area contributed by atoms with Gasteiger partial charge in [0.25, 0.3) is 0 Å². The molecule has 0 aliphatic carbocycles. The summed E-state index contributed by atoms with van der Waals surface area (Å²) in [6.45, 7) is 5.62. The lowest BCUT2D eigenvalue weighted by Crippen LogP contribution is -2.29. The Bertz CT molecular complexity index is 558. The van der Waals surface area contributed by atoms with Gasteiger partial charge in [-0.15, -0.1) is 0 Å². The summed E-state index contributed by atoms with van der Waals surface area (Å²) in [5.74, 6) is 1.31. The number of nitrogens with one attached hydrogen (secondary N) is 1. The van der Waals surface area contributed by atoms with Crippen LogP contribution < -0.4 is 10.2 Å². The number of anilines is 1. The maximum Gasteiger partial charge on any atom is 0.240 e. The number of aromatic nitrogens is 2. The number of nitrogens with zero attached hydrogens (tertiary/aromatic N) is 3. The Kier molecular flexibility index (Phi) is 4.50. The summed E-state index contributed by atoms with van der Waals surface area (Å²) in [6, 6.07) is 8.82. The fourth-order valence-corrected chi connectivity index (χ4v) is 2.70. The number of hydrogen-bond acceptors (Lipinski definition) is 5. The van der Waals surface area contributed by atoms with Gasteiger partial charge in [-0.2, -0.15) is 4.98 Å². The van der Waals surface area contributed by atoms with Gasteiger partial charge in [0.15, 0.2) is 5.82 Å². The minimum Gasteiger partial charge on any atom is -0.372 e. The van der Waals surface area contributed by atoms with E-state index in [4.69, 9.17) is 4.52 Å². The first-order valence-corrected chi connectivity index (χ1v) is 7.65. The van der Waals surface area contributed by atoms with Crippen LogP contribution in [0.25, 0.3) is 0 Å². The molecule has 0 saturated carbocycles. The summed E-state index contributed by atoms with van der Waals surface area (Å²) in [4.78, 5) is 6.64. The van der Waals surface area contributed by atoms with E-state index in [1.54, 1.807) is 0 Å². The molecule has 1 aromatic carbocycles. The molecule has 0 atom stereocenters. The Morgan fingerprint density at radius 1 is 1.10 bits per heavy atom.